The molecule has 13 nitrogen and oxygen atoms in total. The molecule has 5 rings (SSSR count). The van der Waals surface area contributed by atoms with Gasteiger partial charge in [-0.05, 0) is 73.7 Å². The molecule has 4 aromatic rings. The number of benzene rings is 2. The number of nitrogens with one attached hydrogen (secondary N) is 3. The fourth-order valence-corrected chi connectivity index (χ4v) is 5.57. The third-order valence-electron chi connectivity index (χ3n) is 8.26. The van der Waals surface area contributed by atoms with Crippen LogP contribution in [0.4, 0.5) is 0 Å². The van der Waals surface area contributed by atoms with Crippen molar-refractivity contribution in [2.45, 2.75) is 46.2 Å². The number of carbonyl (C=O) groups excluding carboxylic acids is 4. The Kier molecular flexibility index (Phi) is 11.0. The van der Waals surface area contributed by atoms with E-state index in [1.807, 2.05) is 39.1 Å². The summed E-state index contributed by atoms with van der Waals surface area (Å²) in [6, 6.07) is 13.0. The van der Waals surface area contributed by atoms with Gasteiger partial charge < -0.3 is 39.5 Å². The Morgan fingerprint density at radius 2 is 1.78 bits per heavy atom. The highest BCUT2D eigenvalue weighted by molar-refractivity contribution is 5.96. The predicted molar refractivity (Wildman–Crippen MR) is 182 cm³/mol. The summed E-state index contributed by atoms with van der Waals surface area (Å²) in [6.07, 6.45) is 4.49. The number of carbonyl (C=O) groups is 4. The number of aromatic nitrogens is 2. The summed E-state index contributed by atoms with van der Waals surface area (Å²) in [6.45, 7) is 5.88. The van der Waals surface area contributed by atoms with E-state index in [9.17, 15) is 19.2 Å². The van der Waals surface area contributed by atoms with E-state index < -0.39 is 23.8 Å². The highest BCUT2D eigenvalue weighted by Crippen LogP contribution is 2.37. The molecule has 1 aliphatic rings. The van der Waals surface area contributed by atoms with E-state index >= 15 is 0 Å². The quantitative estimate of drug-likeness (QED) is 0.296. The molecule has 258 valence electrons. The molecule has 0 fully saturated rings. The average molecular weight is 671 g/mol. The van der Waals surface area contributed by atoms with E-state index in [0.717, 1.165) is 5.56 Å². The lowest BCUT2D eigenvalue weighted by molar-refractivity contribution is -0.130. The van der Waals surface area contributed by atoms with Gasteiger partial charge >= 0.3 is 0 Å². The molecule has 1 atom stereocenters. The molecule has 4 amide bonds. The van der Waals surface area contributed by atoms with Gasteiger partial charge in [0.25, 0.3) is 11.8 Å². The van der Waals surface area contributed by atoms with E-state index in [4.69, 9.17) is 14.2 Å². The molecule has 3 heterocycles. The monoisotopic (exact) mass is 670 g/mol. The summed E-state index contributed by atoms with van der Waals surface area (Å²) in [5, 5.41) is 8.66. The maximum Gasteiger partial charge on any atom is 0.274 e. The Bertz CT molecular complexity index is 1850. The Labute approximate surface area is 284 Å². The zero-order chi connectivity index (χ0) is 35.1. The number of hydrogen-bond donors (Lipinski definition) is 3. The maximum absolute atomic E-state index is 13.7. The zero-order valence-electron chi connectivity index (χ0n) is 28.4. The fraction of sp³-hybridized carbons (Fsp3) is 0.361. The number of amides is 4. The van der Waals surface area contributed by atoms with Crippen molar-refractivity contribution >= 4 is 29.3 Å². The first kappa shape index (κ1) is 34.7. The molecule has 0 saturated carbocycles. The summed E-state index contributed by atoms with van der Waals surface area (Å²) in [7, 11) is 3.01. The SMILES string of the molecule is COc1ccc2cc1Oc1cccc(OC)c1CNC(=O)[C@@H](C(C)C)NC(=O)CN(C(=O)c1cn3ccc(C)cc3n1)CCCCNC2=O. The molecule has 0 spiro atoms. The Balaban J connectivity index is 1.45. The van der Waals surface area contributed by atoms with E-state index in [0.29, 0.717) is 59.2 Å². The van der Waals surface area contributed by atoms with Gasteiger partial charge in [0.1, 0.15) is 28.9 Å². The highest BCUT2D eigenvalue weighted by atomic mass is 16.5. The van der Waals surface area contributed by atoms with Gasteiger partial charge in [0.2, 0.25) is 11.8 Å². The molecule has 2 bridgehead atoms. The molecule has 0 saturated heterocycles. The zero-order valence-corrected chi connectivity index (χ0v) is 28.4. The van der Waals surface area contributed by atoms with E-state index in [1.54, 1.807) is 47.0 Å². The van der Waals surface area contributed by atoms with Crippen LogP contribution in [-0.4, -0.2) is 77.8 Å². The smallest absolute Gasteiger partial charge is 0.274 e. The molecular formula is C36H42N6O7. The minimum absolute atomic E-state index is 0.0116. The van der Waals surface area contributed by atoms with Crippen LogP contribution < -0.4 is 30.2 Å². The predicted octanol–water partition coefficient (Wildman–Crippen LogP) is 3.88. The molecule has 49 heavy (non-hydrogen) atoms. The van der Waals surface area contributed by atoms with Crippen LogP contribution in [0.25, 0.3) is 5.65 Å². The Morgan fingerprint density at radius 3 is 2.53 bits per heavy atom. The van der Waals surface area contributed by atoms with Gasteiger partial charge in [-0.1, -0.05) is 19.9 Å². The Hall–Kier alpha value is -5.59. The topological polar surface area (TPSA) is 153 Å². The summed E-state index contributed by atoms with van der Waals surface area (Å²) < 4.78 is 19.1. The number of fused-ring (bicyclic) bond motifs is 4. The standard InChI is InChI=1S/C36H42N6O7/c1-22(2)33-35(45)38-19-25-27(47-4)9-8-10-28(25)49-30-18-24(11-12-29(30)48-5)34(44)37-14-6-7-15-42(21-32(43)40-33)36(46)26-20-41-16-13-23(3)17-31(41)39-26/h8-13,16-18,20,22,33H,6-7,14-15,19,21H2,1-5H3,(H,37,44)(H,38,45)(H,40,43)/t33-/m1/s1. The third kappa shape index (κ3) is 8.29. The fourth-order valence-electron chi connectivity index (χ4n) is 5.57. The molecule has 0 unspecified atom stereocenters. The molecular weight excluding hydrogens is 628 g/mol. The van der Waals surface area contributed by atoms with Gasteiger partial charge in [0, 0.05) is 31.0 Å². The second-order valence-corrected chi connectivity index (χ2v) is 12.2. The van der Waals surface area contributed by atoms with Crippen molar-refractivity contribution in [2.24, 2.45) is 5.92 Å². The first-order valence-corrected chi connectivity index (χ1v) is 16.2. The molecule has 2 aromatic carbocycles. The van der Waals surface area contributed by atoms with Crippen molar-refractivity contribution in [1.82, 2.24) is 30.2 Å². The van der Waals surface area contributed by atoms with E-state index in [-0.39, 0.29) is 37.2 Å². The number of ether oxygens (including phenoxy) is 3. The van der Waals surface area contributed by atoms with E-state index in [2.05, 4.69) is 20.9 Å². The van der Waals surface area contributed by atoms with Gasteiger partial charge in [0.05, 0.1) is 32.9 Å². The van der Waals surface area contributed by atoms with Crippen molar-refractivity contribution in [3.63, 3.8) is 0 Å². The summed E-state index contributed by atoms with van der Waals surface area (Å²) in [5.41, 5.74) is 2.71. The van der Waals surface area contributed by atoms with Crippen molar-refractivity contribution in [1.29, 1.82) is 0 Å². The molecule has 2 aromatic heterocycles. The van der Waals surface area contributed by atoms with Gasteiger partial charge in [-0.15, -0.1) is 0 Å². The van der Waals surface area contributed by atoms with Crippen LogP contribution >= 0.6 is 0 Å². The second-order valence-electron chi connectivity index (χ2n) is 12.2. The number of rotatable bonds is 4. The largest absolute Gasteiger partial charge is 0.496 e. The third-order valence-corrected chi connectivity index (χ3v) is 8.26. The number of methoxy groups -OCH3 is 2. The van der Waals surface area contributed by atoms with Gasteiger partial charge in [-0.25, -0.2) is 4.98 Å². The summed E-state index contributed by atoms with van der Waals surface area (Å²) in [4.78, 5) is 59.8. The normalized spacial score (nSPS) is 16.6. The van der Waals surface area contributed by atoms with Crippen molar-refractivity contribution in [3.8, 4) is 23.0 Å². The molecule has 0 aliphatic carbocycles. The van der Waals surface area contributed by atoms with Crippen LogP contribution in [0, 0.1) is 12.8 Å². The summed E-state index contributed by atoms with van der Waals surface area (Å²) in [5.74, 6) is -0.346. The van der Waals surface area contributed by atoms with Gasteiger partial charge in [0.15, 0.2) is 11.5 Å². The van der Waals surface area contributed by atoms with Gasteiger partial charge in [-0.2, -0.15) is 0 Å². The van der Waals surface area contributed by atoms with Crippen LogP contribution in [0.5, 0.6) is 23.0 Å². The van der Waals surface area contributed by atoms with Crippen molar-refractivity contribution < 1.29 is 33.4 Å². The van der Waals surface area contributed by atoms with E-state index in [1.165, 1.54) is 19.1 Å². The minimum Gasteiger partial charge on any atom is -0.496 e. The van der Waals surface area contributed by atoms with Crippen LogP contribution in [0.15, 0.2) is 60.9 Å². The maximum atomic E-state index is 13.7. The molecule has 0 radical (unpaired) electrons. The van der Waals surface area contributed by atoms with Crippen LogP contribution in [0.1, 0.15) is 58.7 Å². The van der Waals surface area contributed by atoms with Crippen molar-refractivity contribution in [3.05, 3.63) is 83.3 Å². The number of imidazole rings is 1. The highest BCUT2D eigenvalue weighted by Gasteiger charge is 2.28. The lowest BCUT2D eigenvalue weighted by Gasteiger charge is -2.26. The lowest BCUT2D eigenvalue weighted by Crippen LogP contribution is -2.52. The van der Waals surface area contributed by atoms with Crippen molar-refractivity contribution in [2.75, 3.05) is 33.9 Å². The number of nitrogens with zero attached hydrogens (tertiary/aromatic N) is 3. The van der Waals surface area contributed by atoms with Gasteiger partial charge in [-0.3, -0.25) is 19.2 Å². The average Bonchev–Trinajstić information content (AvgIpc) is 3.51. The Morgan fingerprint density at radius 1 is 0.980 bits per heavy atom. The number of aryl methyl sites for hydroxylation is 1. The molecule has 3 N–H and O–H groups in total. The van der Waals surface area contributed by atoms with Crippen LogP contribution in [0.3, 0.4) is 0 Å². The minimum atomic E-state index is -0.890. The lowest BCUT2D eigenvalue weighted by atomic mass is 10.0. The number of pyridine rings is 1. The second kappa shape index (κ2) is 15.5. The van der Waals surface area contributed by atoms with Crippen LogP contribution in [-0.2, 0) is 16.1 Å². The first-order valence-electron chi connectivity index (χ1n) is 16.2. The first-order chi connectivity index (χ1) is 23.6. The molecule has 1 aliphatic heterocycles. The number of hydrogen-bond acceptors (Lipinski definition) is 8. The van der Waals surface area contributed by atoms with Crippen LogP contribution in [0.2, 0.25) is 0 Å². The summed E-state index contributed by atoms with van der Waals surface area (Å²) >= 11 is 0. The molecule has 13 heteroatoms.